The van der Waals surface area contributed by atoms with Gasteiger partial charge in [0, 0.05) is 0 Å². The summed E-state index contributed by atoms with van der Waals surface area (Å²) in [6, 6.07) is 0.905. The fourth-order valence-corrected chi connectivity index (χ4v) is 1.16. The summed E-state index contributed by atoms with van der Waals surface area (Å²) in [6.07, 6.45) is -4.71. The number of nitrogens with two attached hydrogens (primary N) is 1. The molecule has 0 fully saturated rings. The van der Waals surface area contributed by atoms with E-state index >= 15 is 0 Å². The number of halogens is 6. The zero-order valence-electron chi connectivity index (χ0n) is 7.49. The Morgan fingerprint density at radius 3 is 2.25 bits per heavy atom. The van der Waals surface area contributed by atoms with Gasteiger partial charge in [-0.15, -0.1) is 0 Å². The lowest BCUT2D eigenvalue weighted by atomic mass is 10.2. The lowest BCUT2D eigenvalue weighted by Crippen LogP contribution is -2.09. The third-order valence-corrected chi connectivity index (χ3v) is 1.95. The van der Waals surface area contributed by atoms with Crippen LogP contribution in [0, 0.1) is 0 Å². The highest BCUT2D eigenvalue weighted by molar-refractivity contribution is 6.33. The van der Waals surface area contributed by atoms with Crippen molar-refractivity contribution in [2.45, 2.75) is 12.8 Å². The first-order valence-corrected chi connectivity index (χ1v) is 4.20. The molecule has 0 aliphatic heterocycles. The second-order valence-corrected chi connectivity index (χ2v) is 3.15. The number of anilines is 1. The predicted octanol–water partition coefficient (Wildman–Crippen LogP) is 3.54. The molecule has 0 saturated heterocycles. The first kappa shape index (κ1) is 12.8. The van der Waals surface area contributed by atoms with Crippen molar-refractivity contribution in [3.63, 3.8) is 0 Å². The molecule has 0 aromatic heterocycles. The zero-order chi connectivity index (χ0) is 12.5. The van der Waals surface area contributed by atoms with Gasteiger partial charge in [0.05, 0.1) is 16.3 Å². The van der Waals surface area contributed by atoms with Gasteiger partial charge in [0.25, 0.3) is 0 Å². The molecule has 8 heteroatoms. The standard InChI is InChI=1S/C8H5ClF5NO/c9-4-1-3(8(12,13)14)2-5(6(4)15)16-7(10)11/h1-2,7H,15H2. The van der Waals surface area contributed by atoms with Crippen LogP contribution >= 0.6 is 11.6 Å². The van der Waals surface area contributed by atoms with Crippen LogP contribution in [-0.2, 0) is 6.18 Å². The van der Waals surface area contributed by atoms with E-state index in [-0.39, 0.29) is 0 Å². The number of benzene rings is 1. The van der Waals surface area contributed by atoms with Crippen LogP contribution in [0.3, 0.4) is 0 Å². The molecule has 0 aliphatic carbocycles. The lowest BCUT2D eigenvalue weighted by molar-refractivity contribution is -0.138. The number of ether oxygens (including phenoxy) is 1. The summed E-state index contributed by atoms with van der Waals surface area (Å²) in [6.45, 7) is -3.28. The quantitative estimate of drug-likeness (QED) is 0.653. The van der Waals surface area contributed by atoms with Crippen molar-refractivity contribution >= 4 is 17.3 Å². The Hall–Kier alpha value is -1.24. The average molecular weight is 262 g/mol. The summed E-state index contributed by atoms with van der Waals surface area (Å²) < 4.78 is 64.4. The summed E-state index contributed by atoms with van der Waals surface area (Å²) in [7, 11) is 0. The second-order valence-electron chi connectivity index (χ2n) is 2.75. The highest BCUT2D eigenvalue weighted by Crippen LogP contribution is 2.38. The molecule has 0 bridgehead atoms. The summed E-state index contributed by atoms with van der Waals surface area (Å²) in [4.78, 5) is 0. The van der Waals surface area contributed by atoms with E-state index in [9.17, 15) is 22.0 Å². The fraction of sp³-hybridized carbons (Fsp3) is 0.250. The maximum atomic E-state index is 12.3. The molecular weight excluding hydrogens is 257 g/mol. The van der Waals surface area contributed by atoms with E-state index in [0.717, 1.165) is 0 Å². The molecule has 0 atom stereocenters. The minimum atomic E-state index is -4.71. The maximum Gasteiger partial charge on any atom is 0.416 e. The van der Waals surface area contributed by atoms with Crippen molar-refractivity contribution in [2.24, 2.45) is 0 Å². The number of alkyl halides is 5. The van der Waals surface area contributed by atoms with Gasteiger partial charge >= 0.3 is 12.8 Å². The number of hydrogen-bond donors (Lipinski definition) is 1. The van der Waals surface area contributed by atoms with E-state index in [1.54, 1.807) is 0 Å². The Kier molecular flexibility index (Phi) is 3.47. The first-order chi connectivity index (χ1) is 7.21. The second kappa shape index (κ2) is 4.32. The maximum absolute atomic E-state index is 12.3. The van der Waals surface area contributed by atoms with E-state index in [0.29, 0.717) is 12.1 Å². The molecule has 0 saturated carbocycles. The van der Waals surface area contributed by atoms with Crippen molar-refractivity contribution in [3.8, 4) is 5.75 Å². The molecule has 2 N–H and O–H groups in total. The summed E-state index contributed by atoms with van der Waals surface area (Å²) in [5.74, 6) is -0.796. The third-order valence-electron chi connectivity index (χ3n) is 1.63. The topological polar surface area (TPSA) is 35.2 Å². The van der Waals surface area contributed by atoms with Crippen molar-refractivity contribution in [1.82, 2.24) is 0 Å². The van der Waals surface area contributed by atoms with Crippen LogP contribution in [-0.4, -0.2) is 6.61 Å². The van der Waals surface area contributed by atoms with E-state index in [1.807, 2.05) is 0 Å². The van der Waals surface area contributed by atoms with Gasteiger partial charge in [0.1, 0.15) is 0 Å². The zero-order valence-corrected chi connectivity index (χ0v) is 8.24. The fourth-order valence-electron chi connectivity index (χ4n) is 0.950. The Morgan fingerprint density at radius 2 is 1.81 bits per heavy atom. The molecule has 1 rings (SSSR count). The average Bonchev–Trinajstić information content (AvgIpc) is 2.10. The van der Waals surface area contributed by atoms with Crippen LogP contribution in [0.15, 0.2) is 12.1 Å². The normalized spacial score (nSPS) is 11.9. The molecule has 0 spiro atoms. The predicted molar refractivity (Wildman–Crippen MR) is 47.5 cm³/mol. The van der Waals surface area contributed by atoms with Gasteiger partial charge < -0.3 is 10.5 Å². The summed E-state index contributed by atoms with van der Waals surface area (Å²) in [5.41, 5.74) is 3.52. The van der Waals surface area contributed by atoms with Crippen LogP contribution in [0.1, 0.15) is 5.56 Å². The smallest absolute Gasteiger partial charge is 0.416 e. The molecule has 0 heterocycles. The van der Waals surface area contributed by atoms with E-state index in [1.165, 1.54) is 0 Å². The van der Waals surface area contributed by atoms with Crippen LogP contribution in [0.4, 0.5) is 27.6 Å². The van der Waals surface area contributed by atoms with Crippen LogP contribution in [0.5, 0.6) is 5.75 Å². The minimum Gasteiger partial charge on any atom is -0.433 e. The van der Waals surface area contributed by atoms with Crippen molar-refractivity contribution < 1.29 is 26.7 Å². The van der Waals surface area contributed by atoms with Gasteiger partial charge in [-0.05, 0) is 12.1 Å². The molecule has 1 aromatic rings. The minimum absolute atomic E-state index is 0.368. The highest BCUT2D eigenvalue weighted by atomic mass is 35.5. The Bertz CT molecular complexity index is 393. The highest BCUT2D eigenvalue weighted by Gasteiger charge is 2.32. The van der Waals surface area contributed by atoms with Gasteiger partial charge in [0.2, 0.25) is 0 Å². The number of hydrogen-bond acceptors (Lipinski definition) is 2. The molecule has 2 nitrogen and oxygen atoms in total. The van der Waals surface area contributed by atoms with Crippen molar-refractivity contribution in [1.29, 1.82) is 0 Å². The largest absolute Gasteiger partial charge is 0.433 e. The Morgan fingerprint density at radius 1 is 1.25 bits per heavy atom. The van der Waals surface area contributed by atoms with Crippen molar-refractivity contribution in [2.75, 3.05) is 5.73 Å². The van der Waals surface area contributed by atoms with Crippen molar-refractivity contribution in [3.05, 3.63) is 22.7 Å². The van der Waals surface area contributed by atoms with Gasteiger partial charge in [-0.1, -0.05) is 11.6 Å². The Labute approximate surface area is 91.7 Å². The van der Waals surface area contributed by atoms with Crippen LogP contribution in [0.25, 0.3) is 0 Å². The number of rotatable bonds is 2. The molecule has 90 valence electrons. The monoisotopic (exact) mass is 261 g/mol. The molecule has 1 aromatic carbocycles. The molecule has 0 aliphatic rings. The lowest BCUT2D eigenvalue weighted by Gasteiger charge is -2.13. The van der Waals surface area contributed by atoms with Crippen LogP contribution < -0.4 is 10.5 Å². The molecule has 0 unspecified atom stereocenters. The van der Waals surface area contributed by atoms with Gasteiger partial charge in [0.15, 0.2) is 5.75 Å². The molecule has 16 heavy (non-hydrogen) atoms. The van der Waals surface area contributed by atoms with E-state index in [4.69, 9.17) is 17.3 Å². The molecular formula is C8H5ClF5NO. The van der Waals surface area contributed by atoms with Crippen LogP contribution in [0.2, 0.25) is 5.02 Å². The third kappa shape index (κ3) is 2.88. The number of nitrogen functional groups attached to an aromatic ring is 1. The molecule has 0 amide bonds. The Balaban J connectivity index is 3.22. The van der Waals surface area contributed by atoms with Gasteiger partial charge in [-0.2, -0.15) is 22.0 Å². The van der Waals surface area contributed by atoms with E-state index < -0.39 is 34.8 Å². The summed E-state index contributed by atoms with van der Waals surface area (Å²) >= 11 is 5.36. The molecule has 0 radical (unpaired) electrons. The SMILES string of the molecule is Nc1c(Cl)cc(C(F)(F)F)cc1OC(F)F. The van der Waals surface area contributed by atoms with Gasteiger partial charge in [-0.3, -0.25) is 0 Å². The summed E-state index contributed by atoms with van der Waals surface area (Å²) in [5, 5.41) is -0.495. The van der Waals surface area contributed by atoms with Gasteiger partial charge in [-0.25, -0.2) is 0 Å². The van der Waals surface area contributed by atoms with E-state index in [2.05, 4.69) is 4.74 Å². The first-order valence-electron chi connectivity index (χ1n) is 3.83.